The van der Waals surface area contributed by atoms with E-state index in [9.17, 15) is 4.79 Å². The molecule has 5 nitrogen and oxygen atoms in total. The number of nitrogens with zero attached hydrogens (tertiary/aromatic N) is 2. The zero-order valence-corrected chi connectivity index (χ0v) is 17.0. The minimum Gasteiger partial charge on any atom is -0.497 e. The van der Waals surface area contributed by atoms with Crippen molar-refractivity contribution in [3.8, 4) is 17.1 Å². The molecule has 0 unspecified atom stereocenters. The molecule has 3 aromatic carbocycles. The van der Waals surface area contributed by atoms with Crippen molar-refractivity contribution in [1.82, 2.24) is 9.66 Å². The molecule has 0 saturated heterocycles. The van der Waals surface area contributed by atoms with Crippen LogP contribution in [0.25, 0.3) is 22.3 Å². The molecule has 4 rings (SSSR count). The van der Waals surface area contributed by atoms with Gasteiger partial charge in [-0.25, -0.2) is 9.66 Å². The van der Waals surface area contributed by atoms with Crippen LogP contribution < -0.4 is 15.7 Å². The Hall–Kier alpha value is -3.02. The lowest BCUT2D eigenvalue weighted by molar-refractivity contribution is 0.415. The predicted molar refractivity (Wildman–Crippen MR) is 118 cm³/mol. The van der Waals surface area contributed by atoms with Gasteiger partial charge in [0.05, 0.1) is 24.6 Å². The normalized spacial score (nSPS) is 10.9. The summed E-state index contributed by atoms with van der Waals surface area (Å²) in [5, 5.41) is 1.61. The number of halogens is 2. The van der Waals surface area contributed by atoms with Crippen LogP contribution in [0.15, 0.2) is 71.5 Å². The molecule has 0 amide bonds. The van der Waals surface area contributed by atoms with E-state index >= 15 is 0 Å². The largest absolute Gasteiger partial charge is 0.497 e. The van der Waals surface area contributed by atoms with Gasteiger partial charge in [-0.15, -0.1) is 0 Å². The number of hydrogen-bond donors (Lipinski definition) is 1. The van der Waals surface area contributed by atoms with Gasteiger partial charge < -0.3 is 10.2 Å². The number of nitrogens with one attached hydrogen (secondary N) is 1. The van der Waals surface area contributed by atoms with Gasteiger partial charge >= 0.3 is 0 Å². The maximum Gasteiger partial charge on any atom is 0.280 e. The van der Waals surface area contributed by atoms with Gasteiger partial charge in [-0.05, 0) is 54.1 Å². The number of methoxy groups -OCH3 is 1. The van der Waals surface area contributed by atoms with Crippen LogP contribution in [0.5, 0.6) is 5.75 Å². The highest BCUT2D eigenvalue weighted by Gasteiger charge is 2.13. The molecule has 0 spiro atoms. The van der Waals surface area contributed by atoms with Crippen molar-refractivity contribution in [2.75, 3.05) is 12.5 Å². The maximum absolute atomic E-state index is 13.2. The summed E-state index contributed by atoms with van der Waals surface area (Å²) in [7, 11) is 1.61. The topological polar surface area (TPSA) is 56.1 Å². The van der Waals surface area contributed by atoms with Crippen molar-refractivity contribution < 1.29 is 4.74 Å². The third-order valence-corrected chi connectivity index (χ3v) is 5.15. The zero-order chi connectivity index (χ0) is 20.4. The summed E-state index contributed by atoms with van der Waals surface area (Å²) in [4.78, 5) is 17.9. The maximum atomic E-state index is 13.2. The molecule has 0 aliphatic rings. The molecule has 7 heteroatoms. The van der Waals surface area contributed by atoms with Gasteiger partial charge in [-0.2, -0.15) is 0 Å². The van der Waals surface area contributed by atoms with Crippen molar-refractivity contribution in [1.29, 1.82) is 0 Å². The summed E-state index contributed by atoms with van der Waals surface area (Å²) in [6.45, 7) is 0.332. The first-order valence-electron chi connectivity index (χ1n) is 8.91. The molecule has 0 bridgehead atoms. The van der Waals surface area contributed by atoms with Gasteiger partial charge in [0.15, 0.2) is 5.82 Å². The molecule has 29 heavy (non-hydrogen) atoms. The van der Waals surface area contributed by atoms with E-state index in [1.54, 1.807) is 25.3 Å². The highest BCUT2D eigenvalue weighted by molar-refractivity contribution is 6.35. The monoisotopic (exact) mass is 425 g/mol. The second-order valence-electron chi connectivity index (χ2n) is 6.39. The van der Waals surface area contributed by atoms with Crippen LogP contribution in [0.2, 0.25) is 10.0 Å². The van der Waals surface area contributed by atoms with Crippen LogP contribution in [0, 0.1) is 0 Å². The molecule has 0 aliphatic carbocycles. The Morgan fingerprint density at radius 1 is 1.03 bits per heavy atom. The van der Waals surface area contributed by atoms with E-state index in [4.69, 9.17) is 32.9 Å². The Bertz CT molecular complexity index is 1240. The van der Waals surface area contributed by atoms with Crippen LogP contribution in [0.3, 0.4) is 0 Å². The first-order valence-corrected chi connectivity index (χ1v) is 9.66. The Balaban J connectivity index is 1.81. The molecule has 4 aromatic rings. The summed E-state index contributed by atoms with van der Waals surface area (Å²) in [6.07, 6.45) is 0. The first kappa shape index (κ1) is 19.3. The van der Waals surface area contributed by atoms with E-state index in [2.05, 4.69) is 5.43 Å². The zero-order valence-electron chi connectivity index (χ0n) is 15.5. The summed E-state index contributed by atoms with van der Waals surface area (Å²) in [6, 6.07) is 19.9. The number of para-hydroxylation sites is 1. The summed E-state index contributed by atoms with van der Waals surface area (Å²) >= 11 is 12.3. The van der Waals surface area contributed by atoms with Crippen LogP contribution >= 0.6 is 23.2 Å². The summed E-state index contributed by atoms with van der Waals surface area (Å²) in [5.74, 6) is 1.23. The van der Waals surface area contributed by atoms with Gasteiger partial charge in [0.1, 0.15) is 5.75 Å². The van der Waals surface area contributed by atoms with E-state index in [1.165, 1.54) is 4.68 Å². The average molecular weight is 426 g/mol. The molecule has 146 valence electrons. The van der Waals surface area contributed by atoms with Crippen LogP contribution in [0.4, 0.5) is 0 Å². The minimum absolute atomic E-state index is 0.188. The van der Waals surface area contributed by atoms with Crippen molar-refractivity contribution in [3.63, 3.8) is 0 Å². The number of aromatic nitrogens is 2. The molecule has 0 fully saturated rings. The molecule has 0 saturated carbocycles. The van der Waals surface area contributed by atoms with Gasteiger partial charge in [0.2, 0.25) is 0 Å². The van der Waals surface area contributed by atoms with E-state index in [1.807, 2.05) is 48.5 Å². The Labute approximate surface area is 177 Å². The van der Waals surface area contributed by atoms with Gasteiger partial charge in [0, 0.05) is 15.6 Å². The van der Waals surface area contributed by atoms with Crippen LogP contribution in [-0.2, 0) is 6.54 Å². The fraction of sp³-hybridized carbons (Fsp3) is 0.0909. The number of fused-ring (bicyclic) bond motifs is 1. The first-order chi connectivity index (χ1) is 14.1. The quantitative estimate of drug-likeness (QED) is 0.481. The number of ether oxygens (including phenoxy) is 1. The highest BCUT2D eigenvalue weighted by atomic mass is 35.5. The SMILES string of the molecule is COc1ccc(-c2nc3ccccc3c(=O)n2NCc2ccc(Cl)cc2Cl)cc1. The van der Waals surface area contributed by atoms with Gasteiger partial charge in [-0.3, -0.25) is 4.79 Å². The molecule has 0 aliphatic heterocycles. The van der Waals surface area contributed by atoms with Crippen molar-refractivity contribution >= 4 is 34.1 Å². The second-order valence-corrected chi connectivity index (χ2v) is 7.24. The van der Waals surface area contributed by atoms with E-state index in [0.717, 1.165) is 16.9 Å². The van der Waals surface area contributed by atoms with Gasteiger partial charge in [-0.1, -0.05) is 41.4 Å². The van der Waals surface area contributed by atoms with E-state index < -0.39 is 0 Å². The number of hydrogen-bond acceptors (Lipinski definition) is 4. The van der Waals surface area contributed by atoms with E-state index in [0.29, 0.717) is 33.3 Å². The molecule has 0 atom stereocenters. The summed E-state index contributed by atoms with van der Waals surface area (Å²) < 4.78 is 6.68. The Kier molecular flexibility index (Phi) is 5.43. The molecular weight excluding hydrogens is 409 g/mol. The van der Waals surface area contributed by atoms with Crippen molar-refractivity contribution in [3.05, 3.63) is 92.7 Å². The predicted octanol–water partition coefficient (Wildman–Crippen LogP) is 5.12. The number of rotatable bonds is 5. The third-order valence-electron chi connectivity index (χ3n) is 4.57. The standard InChI is InChI=1S/C22H17Cl2N3O2/c1-29-17-10-7-14(8-11-17)21-26-20-5-3-2-4-18(20)22(28)27(21)25-13-15-6-9-16(23)12-19(15)24/h2-12,25H,13H2,1H3. The Morgan fingerprint density at radius 3 is 2.52 bits per heavy atom. The molecule has 1 heterocycles. The molecule has 0 radical (unpaired) electrons. The lowest BCUT2D eigenvalue weighted by atomic mass is 10.2. The highest BCUT2D eigenvalue weighted by Crippen LogP contribution is 2.23. The number of benzene rings is 3. The summed E-state index contributed by atoms with van der Waals surface area (Å²) in [5.41, 5.74) is 5.20. The van der Waals surface area contributed by atoms with E-state index in [-0.39, 0.29) is 5.56 Å². The van der Waals surface area contributed by atoms with Crippen molar-refractivity contribution in [2.45, 2.75) is 6.54 Å². The fourth-order valence-corrected chi connectivity index (χ4v) is 3.52. The van der Waals surface area contributed by atoms with Crippen LogP contribution in [0.1, 0.15) is 5.56 Å². The average Bonchev–Trinajstić information content (AvgIpc) is 2.74. The fourth-order valence-electron chi connectivity index (χ4n) is 3.04. The smallest absolute Gasteiger partial charge is 0.280 e. The Morgan fingerprint density at radius 2 is 1.79 bits per heavy atom. The van der Waals surface area contributed by atoms with Crippen molar-refractivity contribution in [2.24, 2.45) is 0 Å². The lowest BCUT2D eigenvalue weighted by Gasteiger charge is -2.16. The molecule has 1 N–H and O–H groups in total. The second kappa shape index (κ2) is 8.15. The van der Waals surface area contributed by atoms with Crippen LogP contribution in [-0.4, -0.2) is 16.8 Å². The minimum atomic E-state index is -0.188. The third kappa shape index (κ3) is 3.92. The molecule has 1 aromatic heterocycles. The lowest BCUT2D eigenvalue weighted by Crippen LogP contribution is -2.31. The van der Waals surface area contributed by atoms with Gasteiger partial charge in [0.25, 0.3) is 5.56 Å². The molecular formula is C22H17Cl2N3O2.